The lowest BCUT2D eigenvalue weighted by molar-refractivity contribution is 1.01. The zero-order valence-corrected chi connectivity index (χ0v) is 23.3. The van der Waals surface area contributed by atoms with Crippen molar-refractivity contribution in [1.29, 1.82) is 0 Å². The highest BCUT2D eigenvalue weighted by atomic mass is 32.2. The highest BCUT2D eigenvalue weighted by molar-refractivity contribution is 7.99. The molecule has 0 N–H and O–H groups in total. The van der Waals surface area contributed by atoms with Crippen molar-refractivity contribution in [2.45, 2.75) is 9.79 Å². The number of hydrogen-bond acceptors (Lipinski definition) is 4. The fourth-order valence-electron chi connectivity index (χ4n) is 6.64. The normalized spacial score (nSPS) is 12.8. The van der Waals surface area contributed by atoms with Crippen molar-refractivity contribution in [1.82, 2.24) is 14.5 Å². The monoisotopic (exact) mass is 557 g/mol. The first-order valence-electron chi connectivity index (χ1n) is 13.7. The Morgan fingerprint density at radius 3 is 2.17 bits per heavy atom. The van der Waals surface area contributed by atoms with E-state index in [4.69, 9.17) is 9.97 Å². The van der Waals surface area contributed by atoms with E-state index < -0.39 is 0 Å². The minimum Gasteiger partial charge on any atom is -0.277 e. The quantitative estimate of drug-likeness (QED) is 0.201. The summed E-state index contributed by atoms with van der Waals surface area (Å²) < 4.78 is 4.94. The summed E-state index contributed by atoms with van der Waals surface area (Å²) >= 11 is 3.68. The van der Waals surface area contributed by atoms with Crippen LogP contribution in [0.15, 0.2) is 125 Å². The van der Waals surface area contributed by atoms with Crippen molar-refractivity contribution in [2.75, 3.05) is 0 Å². The summed E-state index contributed by atoms with van der Waals surface area (Å²) in [6.07, 6.45) is 0. The minimum absolute atomic E-state index is 0.710. The third-order valence-corrected chi connectivity index (χ3v) is 10.8. The first kappa shape index (κ1) is 22.0. The molecule has 0 saturated carbocycles. The third-order valence-electron chi connectivity index (χ3n) is 8.41. The molecule has 4 heterocycles. The number of nitrogens with zero attached hydrogens (tertiary/aromatic N) is 3. The Bertz CT molecular complexity index is 2570. The molecule has 0 unspecified atom stereocenters. The predicted octanol–water partition coefficient (Wildman–Crippen LogP) is 10.4. The van der Waals surface area contributed by atoms with Crippen LogP contribution in [0.1, 0.15) is 0 Å². The molecular formula is C36H19N3S2. The Balaban J connectivity index is 1.38. The van der Waals surface area contributed by atoms with Gasteiger partial charge in [0, 0.05) is 62.5 Å². The number of rotatable bonds is 1. The predicted molar refractivity (Wildman–Crippen MR) is 174 cm³/mol. The van der Waals surface area contributed by atoms with Gasteiger partial charge < -0.3 is 0 Å². The lowest BCUT2D eigenvalue weighted by atomic mass is 10.0. The lowest BCUT2D eigenvalue weighted by Crippen LogP contribution is -2.05. The first-order chi connectivity index (χ1) is 20.3. The highest BCUT2D eigenvalue weighted by Gasteiger charge is 2.24. The van der Waals surface area contributed by atoms with Gasteiger partial charge in [-0.25, -0.2) is 9.97 Å². The molecule has 0 fully saturated rings. The molecule has 3 aromatic heterocycles. The highest BCUT2D eigenvalue weighted by Crippen LogP contribution is 2.47. The average Bonchev–Trinajstić information content (AvgIpc) is 3.57. The van der Waals surface area contributed by atoms with Gasteiger partial charge in [0.15, 0.2) is 0 Å². The maximum atomic E-state index is 5.36. The first-order valence-corrected chi connectivity index (χ1v) is 15.3. The van der Waals surface area contributed by atoms with Crippen LogP contribution in [0.2, 0.25) is 0 Å². The van der Waals surface area contributed by atoms with E-state index in [1.54, 1.807) is 11.8 Å². The van der Waals surface area contributed by atoms with E-state index in [-0.39, 0.29) is 0 Å². The molecule has 0 aliphatic carbocycles. The van der Waals surface area contributed by atoms with Gasteiger partial charge in [0.25, 0.3) is 0 Å². The summed E-state index contributed by atoms with van der Waals surface area (Å²) in [7, 11) is 0. The summed E-state index contributed by atoms with van der Waals surface area (Å²) in [5.74, 6) is 0.710. The van der Waals surface area contributed by atoms with Crippen LogP contribution in [-0.4, -0.2) is 14.5 Å². The molecule has 0 saturated heterocycles. The topological polar surface area (TPSA) is 30.7 Å². The molecule has 1 aliphatic rings. The second kappa shape index (κ2) is 7.94. The molecule has 0 atom stereocenters. The van der Waals surface area contributed by atoms with E-state index in [0.717, 1.165) is 27.6 Å². The molecule has 10 rings (SSSR count). The minimum atomic E-state index is 0.710. The molecule has 6 aromatic carbocycles. The zero-order chi connectivity index (χ0) is 26.7. The smallest absolute Gasteiger partial charge is 0.235 e. The SMILES string of the molecule is c1ccc2c(c1)Sc1cccc3nc(-n4c5ccccc5c5ccc6c(ccc7c8ccccc8sc76)c54)nc-2c13. The van der Waals surface area contributed by atoms with Crippen molar-refractivity contribution < 1.29 is 0 Å². The molecule has 0 bridgehead atoms. The van der Waals surface area contributed by atoms with Gasteiger partial charge in [-0.15, -0.1) is 11.3 Å². The van der Waals surface area contributed by atoms with Crippen molar-refractivity contribution in [3.05, 3.63) is 115 Å². The van der Waals surface area contributed by atoms with Gasteiger partial charge in [-0.2, -0.15) is 0 Å². The van der Waals surface area contributed by atoms with Crippen LogP contribution in [0.5, 0.6) is 0 Å². The van der Waals surface area contributed by atoms with Crippen molar-refractivity contribution >= 4 is 86.8 Å². The van der Waals surface area contributed by atoms with Crippen LogP contribution in [0.4, 0.5) is 0 Å². The fourth-order valence-corrected chi connectivity index (χ4v) is 8.98. The molecule has 9 aromatic rings. The molecule has 1 aliphatic heterocycles. The Morgan fingerprint density at radius 1 is 0.537 bits per heavy atom. The van der Waals surface area contributed by atoms with Gasteiger partial charge in [0.2, 0.25) is 5.95 Å². The van der Waals surface area contributed by atoms with Gasteiger partial charge in [0.05, 0.1) is 22.2 Å². The van der Waals surface area contributed by atoms with E-state index >= 15 is 0 Å². The second-order valence-corrected chi connectivity index (χ2v) is 12.7. The largest absolute Gasteiger partial charge is 0.277 e. The molecule has 3 nitrogen and oxygen atoms in total. The van der Waals surface area contributed by atoms with Gasteiger partial charge >= 0.3 is 0 Å². The summed E-state index contributed by atoms with van der Waals surface area (Å²) in [6.45, 7) is 0. The number of fused-ring (bicyclic) bond motifs is 11. The van der Waals surface area contributed by atoms with Crippen LogP contribution in [0.3, 0.4) is 0 Å². The van der Waals surface area contributed by atoms with E-state index in [0.29, 0.717) is 5.95 Å². The second-order valence-electron chi connectivity index (χ2n) is 10.6. The van der Waals surface area contributed by atoms with E-state index in [2.05, 4.69) is 120 Å². The number of aromatic nitrogens is 3. The standard InChI is InChI=1S/C36H19N3S2/c1-4-12-28-20(8-1)22-16-19-25-23(17-18-24-21-9-2-5-13-29(21)41-35(24)25)34(22)39(28)36-37-27-11-7-15-31-32(27)33(38-36)26-10-3-6-14-30(26)40-31/h1-19H. The van der Waals surface area contributed by atoms with Gasteiger partial charge in [0.1, 0.15) is 0 Å². The van der Waals surface area contributed by atoms with Crippen LogP contribution in [0.25, 0.3) is 80.9 Å². The van der Waals surface area contributed by atoms with E-state index in [1.807, 2.05) is 11.3 Å². The molecule has 0 amide bonds. The maximum absolute atomic E-state index is 5.36. The van der Waals surface area contributed by atoms with E-state index in [1.165, 1.54) is 57.1 Å². The number of thiophene rings is 1. The zero-order valence-electron chi connectivity index (χ0n) is 21.6. The number of benzene rings is 6. The van der Waals surface area contributed by atoms with Crippen molar-refractivity contribution in [3.63, 3.8) is 0 Å². The molecule has 5 heteroatoms. The maximum Gasteiger partial charge on any atom is 0.235 e. The van der Waals surface area contributed by atoms with Crippen molar-refractivity contribution in [2.24, 2.45) is 0 Å². The Labute approximate surface area is 242 Å². The molecule has 190 valence electrons. The average molecular weight is 558 g/mol. The summed E-state index contributed by atoms with van der Waals surface area (Å²) in [4.78, 5) is 13.0. The third kappa shape index (κ3) is 2.89. The molecule has 41 heavy (non-hydrogen) atoms. The van der Waals surface area contributed by atoms with E-state index in [9.17, 15) is 0 Å². The number of hydrogen-bond donors (Lipinski definition) is 0. The van der Waals surface area contributed by atoms with Crippen LogP contribution in [0, 0.1) is 0 Å². The fraction of sp³-hybridized carbons (Fsp3) is 0. The van der Waals surface area contributed by atoms with Crippen LogP contribution >= 0.6 is 23.1 Å². The summed E-state index contributed by atoms with van der Waals surface area (Å²) in [6, 6.07) is 41.5. The number of para-hydroxylation sites is 1. The lowest BCUT2D eigenvalue weighted by Gasteiger charge is -2.20. The summed E-state index contributed by atoms with van der Waals surface area (Å²) in [5.41, 5.74) is 5.43. The van der Waals surface area contributed by atoms with Crippen LogP contribution < -0.4 is 0 Å². The Morgan fingerprint density at radius 2 is 1.24 bits per heavy atom. The van der Waals surface area contributed by atoms with Crippen molar-refractivity contribution in [3.8, 4) is 17.2 Å². The molecular weight excluding hydrogens is 539 g/mol. The Hall–Kier alpha value is -4.71. The summed E-state index contributed by atoms with van der Waals surface area (Å²) in [5, 5.41) is 8.69. The Kier molecular flexibility index (Phi) is 4.27. The van der Waals surface area contributed by atoms with Gasteiger partial charge in [-0.3, -0.25) is 4.57 Å². The van der Waals surface area contributed by atoms with Gasteiger partial charge in [-0.05, 0) is 30.3 Å². The van der Waals surface area contributed by atoms with Crippen LogP contribution in [-0.2, 0) is 0 Å². The van der Waals surface area contributed by atoms with Gasteiger partial charge in [-0.1, -0.05) is 96.7 Å². The molecule has 0 spiro atoms. The molecule has 0 radical (unpaired) electrons.